The fourth-order valence-electron chi connectivity index (χ4n) is 1.55. The Hall–Kier alpha value is -1.94. The van der Waals surface area contributed by atoms with Gasteiger partial charge in [-0.2, -0.15) is 0 Å². The fourth-order valence-corrected chi connectivity index (χ4v) is 1.72. The zero-order valence-electron chi connectivity index (χ0n) is 9.03. The van der Waals surface area contributed by atoms with Crippen LogP contribution in [0.3, 0.4) is 0 Å². The smallest absolute Gasteiger partial charge is 0.216 e. The summed E-state index contributed by atoms with van der Waals surface area (Å²) in [6, 6.07) is 6.14. The third-order valence-corrected chi connectivity index (χ3v) is 2.56. The van der Waals surface area contributed by atoms with E-state index < -0.39 is 0 Å². The molecule has 2 aromatic rings. The van der Waals surface area contributed by atoms with Gasteiger partial charge in [-0.1, -0.05) is 17.7 Å². The topological polar surface area (TPSA) is 62.3 Å². The number of carbonyl (C=O) groups is 1. The molecule has 0 aliphatic heterocycles. The van der Waals surface area contributed by atoms with Crippen molar-refractivity contribution in [2.45, 2.75) is 0 Å². The number of benzene rings is 1. The fraction of sp³-hybridized carbons (Fsp3) is 0.0833. The van der Waals surface area contributed by atoms with Gasteiger partial charge in [-0.3, -0.25) is 4.79 Å². The summed E-state index contributed by atoms with van der Waals surface area (Å²) in [5, 5.41) is 10.1. The van der Waals surface area contributed by atoms with Crippen LogP contribution in [0.4, 0.5) is 0 Å². The SMILES string of the molecule is COc1cccc(O)c1C(=O)c1cc(Cl)c[nH]1. The Labute approximate surface area is 103 Å². The molecule has 2 N–H and O–H groups in total. The third-order valence-electron chi connectivity index (χ3n) is 2.34. The number of methoxy groups -OCH3 is 1. The van der Waals surface area contributed by atoms with E-state index in [9.17, 15) is 9.90 Å². The minimum Gasteiger partial charge on any atom is -0.507 e. The molecule has 0 radical (unpaired) electrons. The molecule has 0 aliphatic rings. The summed E-state index contributed by atoms with van der Waals surface area (Å²) >= 11 is 5.73. The van der Waals surface area contributed by atoms with E-state index in [1.807, 2.05) is 0 Å². The molecule has 0 amide bonds. The number of H-pyrrole nitrogens is 1. The van der Waals surface area contributed by atoms with Crippen LogP contribution in [-0.2, 0) is 0 Å². The van der Waals surface area contributed by atoms with Crippen LogP contribution in [0.25, 0.3) is 0 Å². The lowest BCUT2D eigenvalue weighted by Gasteiger charge is -2.08. The van der Waals surface area contributed by atoms with E-state index in [1.165, 1.54) is 25.4 Å². The van der Waals surface area contributed by atoms with Crippen LogP contribution in [-0.4, -0.2) is 23.0 Å². The van der Waals surface area contributed by atoms with Gasteiger partial charge >= 0.3 is 0 Å². The summed E-state index contributed by atoms with van der Waals surface area (Å²) in [5.41, 5.74) is 0.420. The quantitative estimate of drug-likeness (QED) is 0.825. The maximum absolute atomic E-state index is 12.1. The van der Waals surface area contributed by atoms with E-state index in [0.29, 0.717) is 16.5 Å². The van der Waals surface area contributed by atoms with Crippen molar-refractivity contribution >= 4 is 17.4 Å². The third kappa shape index (κ3) is 2.12. The van der Waals surface area contributed by atoms with Gasteiger partial charge in [0.2, 0.25) is 5.78 Å². The Morgan fingerprint density at radius 2 is 2.24 bits per heavy atom. The zero-order valence-corrected chi connectivity index (χ0v) is 9.78. The Morgan fingerprint density at radius 3 is 2.82 bits per heavy atom. The van der Waals surface area contributed by atoms with Gasteiger partial charge in [0, 0.05) is 6.20 Å². The maximum atomic E-state index is 12.1. The first-order valence-corrected chi connectivity index (χ1v) is 5.26. The van der Waals surface area contributed by atoms with E-state index in [0.717, 1.165) is 0 Å². The molecule has 0 saturated heterocycles. The van der Waals surface area contributed by atoms with Crippen molar-refractivity contribution in [3.8, 4) is 11.5 Å². The lowest BCUT2D eigenvalue weighted by atomic mass is 10.1. The summed E-state index contributed by atoms with van der Waals surface area (Å²) in [6.07, 6.45) is 1.50. The van der Waals surface area contributed by atoms with Gasteiger partial charge in [0.1, 0.15) is 17.1 Å². The minimum absolute atomic E-state index is 0.119. The summed E-state index contributed by atoms with van der Waals surface area (Å²) in [6.45, 7) is 0. The molecular formula is C12H10ClNO3. The van der Waals surface area contributed by atoms with Gasteiger partial charge in [0.15, 0.2) is 0 Å². The predicted molar refractivity (Wildman–Crippen MR) is 63.9 cm³/mol. The van der Waals surface area contributed by atoms with Gasteiger partial charge in [0.25, 0.3) is 0 Å². The van der Waals surface area contributed by atoms with Gasteiger partial charge in [0.05, 0.1) is 17.8 Å². The van der Waals surface area contributed by atoms with Crippen LogP contribution in [0.5, 0.6) is 11.5 Å². The van der Waals surface area contributed by atoms with E-state index in [2.05, 4.69) is 4.98 Å². The van der Waals surface area contributed by atoms with Gasteiger partial charge < -0.3 is 14.8 Å². The van der Waals surface area contributed by atoms with E-state index in [1.54, 1.807) is 12.1 Å². The second kappa shape index (κ2) is 4.51. The van der Waals surface area contributed by atoms with Crippen LogP contribution in [0, 0.1) is 0 Å². The second-order valence-electron chi connectivity index (χ2n) is 3.42. The Bertz CT molecular complexity index is 563. The van der Waals surface area contributed by atoms with Crippen LogP contribution >= 0.6 is 11.6 Å². The number of aromatic hydroxyl groups is 1. The number of ether oxygens (including phenoxy) is 1. The number of carbonyl (C=O) groups excluding carboxylic acids is 1. The first-order chi connectivity index (χ1) is 8.13. The van der Waals surface area contributed by atoms with E-state index in [-0.39, 0.29) is 17.1 Å². The standard InChI is InChI=1S/C12H10ClNO3/c1-17-10-4-2-3-9(15)11(10)12(16)8-5-7(13)6-14-8/h2-6,14-15H,1H3. The highest BCUT2D eigenvalue weighted by Gasteiger charge is 2.19. The minimum atomic E-state index is -0.369. The van der Waals surface area contributed by atoms with E-state index in [4.69, 9.17) is 16.3 Å². The first-order valence-electron chi connectivity index (χ1n) is 4.88. The molecule has 0 aliphatic carbocycles. The summed E-state index contributed by atoms with van der Waals surface area (Å²) < 4.78 is 5.05. The molecular weight excluding hydrogens is 242 g/mol. The number of ketones is 1. The molecule has 0 saturated carbocycles. The van der Waals surface area contributed by atoms with Gasteiger partial charge in [-0.25, -0.2) is 0 Å². The van der Waals surface area contributed by atoms with Crippen LogP contribution in [0.15, 0.2) is 30.5 Å². The molecule has 0 atom stereocenters. The highest BCUT2D eigenvalue weighted by atomic mass is 35.5. The largest absolute Gasteiger partial charge is 0.507 e. The lowest BCUT2D eigenvalue weighted by Crippen LogP contribution is -2.04. The highest BCUT2D eigenvalue weighted by Crippen LogP contribution is 2.29. The van der Waals surface area contributed by atoms with Crippen LogP contribution in [0.1, 0.15) is 16.1 Å². The molecule has 2 rings (SSSR count). The van der Waals surface area contributed by atoms with Crippen molar-refractivity contribution in [3.05, 3.63) is 46.7 Å². The second-order valence-corrected chi connectivity index (χ2v) is 3.85. The maximum Gasteiger partial charge on any atom is 0.216 e. The first kappa shape index (κ1) is 11.5. The van der Waals surface area contributed by atoms with Crippen molar-refractivity contribution in [3.63, 3.8) is 0 Å². The van der Waals surface area contributed by atoms with Gasteiger partial charge in [-0.15, -0.1) is 0 Å². The highest BCUT2D eigenvalue weighted by molar-refractivity contribution is 6.31. The number of phenols is 1. The summed E-state index contributed by atoms with van der Waals surface area (Å²) in [7, 11) is 1.44. The molecule has 0 bridgehead atoms. The number of aromatic nitrogens is 1. The lowest BCUT2D eigenvalue weighted by molar-refractivity contribution is 0.102. The molecule has 1 aromatic heterocycles. The van der Waals surface area contributed by atoms with Crippen molar-refractivity contribution in [2.24, 2.45) is 0 Å². The Morgan fingerprint density at radius 1 is 1.47 bits per heavy atom. The van der Waals surface area contributed by atoms with Crippen molar-refractivity contribution < 1.29 is 14.6 Å². The number of phenolic OH excluding ortho intramolecular Hbond substituents is 1. The van der Waals surface area contributed by atoms with Crippen LogP contribution < -0.4 is 4.74 Å². The Balaban J connectivity index is 2.50. The van der Waals surface area contributed by atoms with Crippen molar-refractivity contribution in [2.75, 3.05) is 7.11 Å². The molecule has 5 heteroatoms. The molecule has 1 heterocycles. The number of nitrogens with one attached hydrogen (secondary N) is 1. The van der Waals surface area contributed by atoms with Crippen molar-refractivity contribution in [1.82, 2.24) is 4.98 Å². The molecule has 0 fully saturated rings. The van der Waals surface area contributed by atoms with Crippen molar-refractivity contribution in [1.29, 1.82) is 0 Å². The average molecular weight is 252 g/mol. The summed E-state index contributed by atoms with van der Waals surface area (Å²) in [5.74, 6) is -0.173. The van der Waals surface area contributed by atoms with E-state index >= 15 is 0 Å². The number of rotatable bonds is 3. The van der Waals surface area contributed by atoms with Crippen LogP contribution in [0.2, 0.25) is 5.02 Å². The molecule has 4 nitrogen and oxygen atoms in total. The predicted octanol–water partition coefficient (Wildman–Crippen LogP) is 2.61. The molecule has 88 valence electrons. The van der Waals surface area contributed by atoms with Gasteiger partial charge in [-0.05, 0) is 18.2 Å². The number of hydrogen-bond acceptors (Lipinski definition) is 3. The average Bonchev–Trinajstić information content (AvgIpc) is 2.74. The summed E-state index contributed by atoms with van der Waals surface area (Å²) in [4.78, 5) is 14.9. The molecule has 0 unspecified atom stereocenters. The zero-order chi connectivity index (χ0) is 12.4. The molecule has 0 spiro atoms. The molecule has 17 heavy (non-hydrogen) atoms. The monoisotopic (exact) mass is 251 g/mol. The number of halogens is 1. The number of hydrogen-bond donors (Lipinski definition) is 2. The molecule has 1 aromatic carbocycles. The normalized spacial score (nSPS) is 10.2. The number of aromatic amines is 1. The Kier molecular flexibility index (Phi) is 3.06.